The molecule has 0 fully saturated rings. The fraction of sp³-hybridized carbons (Fsp3) is 0.467. The molecule has 0 aromatic carbocycles. The summed E-state index contributed by atoms with van der Waals surface area (Å²) in [6.07, 6.45) is 8.56. The standard InChI is InChI=1S/C15H20O/c1-5-13-8-15(16-10-13)9-14(11(2)3)7-6-12(15)4/h5-6,8,14H,1-2,7,9-10H2,3-4H3. The van der Waals surface area contributed by atoms with E-state index in [9.17, 15) is 0 Å². The van der Waals surface area contributed by atoms with Crippen molar-refractivity contribution < 1.29 is 4.74 Å². The normalized spacial score (nSPS) is 33.5. The molecule has 1 heterocycles. The quantitative estimate of drug-likeness (QED) is 0.638. The molecule has 86 valence electrons. The first-order chi connectivity index (χ1) is 7.57. The highest BCUT2D eigenvalue weighted by Gasteiger charge is 2.39. The van der Waals surface area contributed by atoms with Gasteiger partial charge in [-0.1, -0.05) is 30.9 Å². The van der Waals surface area contributed by atoms with Gasteiger partial charge in [0.1, 0.15) is 5.60 Å². The average Bonchev–Trinajstić information content (AvgIpc) is 2.67. The monoisotopic (exact) mass is 216 g/mol. The van der Waals surface area contributed by atoms with E-state index in [2.05, 4.69) is 39.2 Å². The summed E-state index contributed by atoms with van der Waals surface area (Å²) in [5.74, 6) is 0.545. The molecule has 2 rings (SSSR count). The number of ether oxygens (including phenoxy) is 1. The van der Waals surface area contributed by atoms with Gasteiger partial charge in [-0.2, -0.15) is 0 Å². The van der Waals surface area contributed by atoms with Crippen molar-refractivity contribution >= 4 is 0 Å². The fourth-order valence-corrected chi connectivity index (χ4v) is 2.54. The Balaban J connectivity index is 2.30. The van der Waals surface area contributed by atoms with Gasteiger partial charge in [0.2, 0.25) is 0 Å². The predicted molar refractivity (Wildman–Crippen MR) is 68.3 cm³/mol. The van der Waals surface area contributed by atoms with E-state index < -0.39 is 0 Å². The summed E-state index contributed by atoms with van der Waals surface area (Å²) in [7, 11) is 0. The highest BCUT2D eigenvalue weighted by molar-refractivity contribution is 5.37. The average molecular weight is 216 g/mol. The van der Waals surface area contributed by atoms with Crippen LogP contribution in [0.3, 0.4) is 0 Å². The van der Waals surface area contributed by atoms with Crippen molar-refractivity contribution in [3.05, 3.63) is 48.1 Å². The molecule has 0 N–H and O–H groups in total. The minimum atomic E-state index is -0.175. The lowest BCUT2D eigenvalue weighted by molar-refractivity contribution is 0.0331. The Morgan fingerprint density at radius 1 is 1.62 bits per heavy atom. The van der Waals surface area contributed by atoms with Crippen LogP contribution in [0.2, 0.25) is 0 Å². The van der Waals surface area contributed by atoms with Gasteiger partial charge in [-0.25, -0.2) is 0 Å². The van der Waals surface area contributed by atoms with Crippen molar-refractivity contribution in [3.63, 3.8) is 0 Å². The van der Waals surface area contributed by atoms with Crippen LogP contribution in [0.25, 0.3) is 0 Å². The lowest BCUT2D eigenvalue weighted by Gasteiger charge is -2.36. The maximum absolute atomic E-state index is 6.00. The van der Waals surface area contributed by atoms with Crippen LogP contribution in [0.4, 0.5) is 0 Å². The van der Waals surface area contributed by atoms with Gasteiger partial charge >= 0.3 is 0 Å². The maximum atomic E-state index is 6.00. The van der Waals surface area contributed by atoms with Gasteiger partial charge in [0, 0.05) is 0 Å². The van der Waals surface area contributed by atoms with E-state index in [1.807, 2.05) is 6.08 Å². The van der Waals surface area contributed by atoms with Crippen LogP contribution in [0.5, 0.6) is 0 Å². The molecule has 0 bridgehead atoms. The zero-order valence-corrected chi connectivity index (χ0v) is 10.3. The molecule has 1 aliphatic heterocycles. The summed E-state index contributed by atoms with van der Waals surface area (Å²) in [6, 6.07) is 0. The fourth-order valence-electron chi connectivity index (χ4n) is 2.54. The van der Waals surface area contributed by atoms with Crippen molar-refractivity contribution in [1.82, 2.24) is 0 Å². The van der Waals surface area contributed by atoms with E-state index in [0.29, 0.717) is 12.5 Å². The van der Waals surface area contributed by atoms with Gasteiger partial charge in [-0.15, -0.1) is 0 Å². The SMILES string of the molecule is C=CC1=CC2(CC(C(=C)C)CC=C2C)OC1. The molecule has 0 saturated carbocycles. The topological polar surface area (TPSA) is 9.23 Å². The zero-order valence-electron chi connectivity index (χ0n) is 10.3. The smallest absolute Gasteiger partial charge is 0.109 e. The molecule has 0 radical (unpaired) electrons. The zero-order chi connectivity index (χ0) is 11.8. The summed E-state index contributed by atoms with van der Waals surface area (Å²) in [5, 5.41) is 0. The van der Waals surface area contributed by atoms with E-state index in [4.69, 9.17) is 4.74 Å². The van der Waals surface area contributed by atoms with Crippen molar-refractivity contribution in [2.24, 2.45) is 5.92 Å². The Kier molecular flexibility index (Phi) is 2.90. The predicted octanol–water partition coefficient (Wildman–Crippen LogP) is 3.80. The minimum Gasteiger partial charge on any atom is -0.362 e. The molecule has 0 aromatic heterocycles. The Labute approximate surface area is 98.2 Å². The minimum absolute atomic E-state index is 0.175. The summed E-state index contributed by atoms with van der Waals surface area (Å²) in [4.78, 5) is 0. The summed E-state index contributed by atoms with van der Waals surface area (Å²) >= 11 is 0. The lowest BCUT2D eigenvalue weighted by Crippen LogP contribution is -2.34. The molecule has 0 aromatic rings. The second-order valence-electron chi connectivity index (χ2n) is 4.97. The molecule has 2 unspecified atom stereocenters. The number of rotatable bonds is 2. The van der Waals surface area contributed by atoms with Crippen LogP contribution in [0.1, 0.15) is 26.7 Å². The number of hydrogen-bond acceptors (Lipinski definition) is 1. The van der Waals surface area contributed by atoms with Crippen LogP contribution in [-0.2, 0) is 4.74 Å². The van der Waals surface area contributed by atoms with Gasteiger partial charge in [-0.3, -0.25) is 0 Å². The molecule has 2 atom stereocenters. The highest BCUT2D eigenvalue weighted by atomic mass is 16.5. The van der Waals surface area contributed by atoms with Crippen molar-refractivity contribution in [2.45, 2.75) is 32.3 Å². The van der Waals surface area contributed by atoms with E-state index in [0.717, 1.165) is 12.8 Å². The highest BCUT2D eigenvalue weighted by Crippen LogP contribution is 2.42. The molecule has 1 spiro atoms. The summed E-state index contributed by atoms with van der Waals surface area (Å²) in [5.41, 5.74) is 3.62. The van der Waals surface area contributed by atoms with Crippen molar-refractivity contribution in [1.29, 1.82) is 0 Å². The second kappa shape index (κ2) is 4.06. The van der Waals surface area contributed by atoms with E-state index in [1.165, 1.54) is 16.7 Å². The third-order valence-corrected chi connectivity index (χ3v) is 3.80. The van der Waals surface area contributed by atoms with Gasteiger partial charge < -0.3 is 4.74 Å². The van der Waals surface area contributed by atoms with Crippen LogP contribution < -0.4 is 0 Å². The van der Waals surface area contributed by atoms with E-state index in [1.54, 1.807) is 0 Å². The third kappa shape index (κ3) is 1.80. The van der Waals surface area contributed by atoms with Gasteiger partial charge in [-0.05, 0) is 49.8 Å². The van der Waals surface area contributed by atoms with Crippen LogP contribution >= 0.6 is 0 Å². The maximum Gasteiger partial charge on any atom is 0.109 e. The first-order valence-corrected chi connectivity index (χ1v) is 5.88. The second-order valence-corrected chi connectivity index (χ2v) is 4.97. The lowest BCUT2D eigenvalue weighted by atomic mass is 9.75. The van der Waals surface area contributed by atoms with Crippen molar-refractivity contribution in [2.75, 3.05) is 6.61 Å². The Hall–Kier alpha value is -1.08. The van der Waals surface area contributed by atoms with Gasteiger partial charge in [0.05, 0.1) is 6.61 Å². The molecule has 16 heavy (non-hydrogen) atoms. The molecule has 0 saturated heterocycles. The van der Waals surface area contributed by atoms with Gasteiger partial charge in [0.15, 0.2) is 0 Å². The molecule has 2 aliphatic rings. The van der Waals surface area contributed by atoms with E-state index >= 15 is 0 Å². The molecule has 1 heteroatoms. The summed E-state index contributed by atoms with van der Waals surface area (Å²) in [6.45, 7) is 12.9. The molecular formula is C15H20O. The third-order valence-electron chi connectivity index (χ3n) is 3.80. The number of hydrogen-bond donors (Lipinski definition) is 0. The first kappa shape index (κ1) is 11.4. The Morgan fingerprint density at radius 3 is 2.94 bits per heavy atom. The Bertz CT molecular complexity index is 386. The van der Waals surface area contributed by atoms with E-state index in [-0.39, 0.29) is 5.60 Å². The first-order valence-electron chi connectivity index (χ1n) is 5.88. The molecule has 0 amide bonds. The van der Waals surface area contributed by atoms with Crippen molar-refractivity contribution in [3.8, 4) is 0 Å². The van der Waals surface area contributed by atoms with Crippen LogP contribution in [-0.4, -0.2) is 12.2 Å². The summed E-state index contributed by atoms with van der Waals surface area (Å²) < 4.78 is 6.00. The van der Waals surface area contributed by atoms with Gasteiger partial charge in [0.25, 0.3) is 0 Å². The Morgan fingerprint density at radius 2 is 2.38 bits per heavy atom. The van der Waals surface area contributed by atoms with Crippen LogP contribution in [0, 0.1) is 5.92 Å². The number of allylic oxidation sites excluding steroid dienone is 2. The largest absolute Gasteiger partial charge is 0.362 e. The molecule has 1 aliphatic carbocycles. The molecule has 1 nitrogen and oxygen atoms in total. The molecular weight excluding hydrogens is 196 g/mol. The van der Waals surface area contributed by atoms with Crippen LogP contribution in [0.15, 0.2) is 48.1 Å².